The molecule has 3 nitrogen and oxygen atoms in total. The van der Waals surface area contributed by atoms with Gasteiger partial charge in [0.1, 0.15) is 0 Å². The van der Waals surface area contributed by atoms with Crippen LogP contribution in [0.3, 0.4) is 0 Å². The van der Waals surface area contributed by atoms with Crippen LogP contribution in [0.5, 0.6) is 0 Å². The SMILES string of the molecule is C=C(CCC(C)(CC)C(=O)NO)C(C)(C)C. The number of rotatable bonds is 5. The van der Waals surface area contributed by atoms with Gasteiger partial charge in [-0.25, -0.2) is 5.48 Å². The second-order valence-corrected chi connectivity index (χ2v) is 5.71. The maximum Gasteiger partial charge on any atom is 0.249 e. The predicted octanol–water partition coefficient (Wildman–Crippen LogP) is 3.29. The summed E-state index contributed by atoms with van der Waals surface area (Å²) in [5.74, 6) is -0.309. The molecule has 1 atom stereocenters. The van der Waals surface area contributed by atoms with Crippen LogP contribution in [0.2, 0.25) is 0 Å². The molecule has 0 bridgehead atoms. The average Bonchev–Trinajstić information content (AvgIpc) is 2.22. The number of carbonyl (C=O) groups is 1. The van der Waals surface area contributed by atoms with Gasteiger partial charge in [0.15, 0.2) is 0 Å². The third-order valence-corrected chi connectivity index (χ3v) is 3.47. The number of hydrogen-bond acceptors (Lipinski definition) is 2. The Balaban J connectivity index is 4.48. The first-order valence-electron chi connectivity index (χ1n) is 5.80. The zero-order chi connectivity index (χ0) is 13.0. The van der Waals surface area contributed by atoms with Crippen molar-refractivity contribution in [2.75, 3.05) is 0 Å². The van der Waals surface area contributed by atoms with E-state index in [0.717, 1.165) is 12.0 Å². The van der Waals surface area contributed by atoms with Gasteiger partial charge in [-0.15, -0.1) is 0 Å². The predicted molar refractivity (Wildman–Crippen MR) is 66.2 cm³/mol. The lowest BCUT2D eigenvalue weighted by molar-refractivity contribution is -0.139. The zero-order valence-electron chi connectivity index (χ0n) is 11.2. The summed E-state index contributed by atoms with van der Waals surface area (Å²) in [4.78, 5) is 11.5. The standard InChI is InChI=1S/C13H25NO2/c1-7-13(6,11(15)14-16)9-8-10(2)12(3,4)5/h16H,2,7-9H2,1,3-6H3,(H,14,15). The van der Waals surface area contributed by atoms with E-state index in [0.29, 0.717) is 12.8 Å². The molecule has 0 heterocycles. The van der Waals surface area contributed by atoms with E-state index in [-0.39, 0.29) is 11.3 Å². The topological polar surface area (TPSA) is 49.3 Å². The molecule has 0 rings (SSSR count). The average molecular weight is 227 g/mol. The lowest BCUT2D eigenvalue weighted by atomic mass is 9.77. The van der Waals surface area contributed by atoms with E-state index in [1.165, 1.54) is 0 Å². The maximum absolute atomic E-state index is 11.5. The van der Waals surface area contributed by atoms with Crippen LogP contribution in [-0.2, 0) is 4.79 Å². The molecule has 3 heteroatoms. The fourth-order valence-corrected chi connectivity index (χ4v) is 1.39. The van der Waals surface area contributed by atoms with Crippen LogP contribution >= 0.6 is 0 Å². The van der Waals surface area contributed by atoms with E-state index in [1.54, 1.807) is 5.48 Å². The van der Waals surface area contributed by atoms with Crippen molar-refractivity contribution in [2.24, 2.45) is 10.8 Å². The van der Waals surface area contributed by atoms with Crippen LogP contribution in [0.15, 0.2) is 12.2 Å². The molecule has 16 heavy (non-hydrogen) atoms. The highest BCUT2D eigenvalue weighted by Crippen LogP contribution is 2.34. The second kappa shape index (κ2) is 5.48. The third-order valence-electron chi connectivity index (χ3n) is 3.47. The van der Waals surface area contributed by atoms with E-state index < -0.39 is 5.41 Å². The molecule has 2 N–H and O–H groups in total. The molecule has 0 aromatic rings. The van der Waals surface area contributed by atoms with E-state index in [1.807, 2.05) is 13.8 Å². The smallest absolute Gasteiger partial charge is 0.249 e. The summed E-state index contributed by atoms with van der Waals surface area (Å²) in [6, 6.07) is 0. The minimum absolute atomic E-state index is 0.0738. The van der Waals surface area contributed by atoms with Gasteiger partial charge >= 0.3 is 0 Å². The number of amides is 1. The van der Waals surface area contributed by atoms with E-state index >= 15 is 0 Å². The Bertz CT molecular complexity index is 266. The molecule has 0 saturated heterocycles. The van der Waals surface area contributed by atoms with Crippen molar-refractivity contribution in [3.63, 3.8) is 0 Å². The molecule has 0 spiro atoms. The Kier molecular flexibility index (Phi) is 5.20. The van der Waals surface area contributed by atoms with Crippen molar-refractivity contribution in [3.8, 4) is 0 Å². The Morgan fingerprint density at radius 3 is 2.12 bits per heavy atom. The van der Waals surface area contributed by atoms with Gasteiger partial charge in [-0.2, -0.15) is 0 Å². The first-order chi connectivity index (χ1) is 7.17. The molecular weight excluding hydrogens is 202 g/mol. The van der Waals surface area contributed by atoms with Gasteiger partial charge in [-0.1, -0.05) is 46.8 Å². The van der Waals surface area contributed by atoms with Crippen LogP contribution in [0.1, 0.15) is 53.9 Å². The third kappa shape index (κ3) is 3.97. The van der Waals surface area contributed by atoms with Crippen molar-refractivity contribution in [3.05, 3.63) is 12.2 Å². The fourth-order valence-electron chi connectivity index (χ4n) is 1.39. The van der Waals surface area contributed by atoms with Crippen LogP contribution in [0.25, 0.3) is 0 Å². The lowest BCUT2D eigenvalue weighted by Gasteiger charge is -2.29. The Morgan fingerprint density at radius 2 is 1.81 bits per heavy atom. The highest BCUT2D eigenvalue weighted by molar-refractivity contribution is 5.80. The molecule has 0 aliphatic carbocycles. The largest absolute Gasteiger partial charge is 0.289 e. The Morgan fingerprint density at radius 1 is 1.31 bits per heavy atom. The molecule has 0 aromatic carbocycles. The van der Waals surface area contributed by atoms with E-state index in [2.05, 4.69) is 27.4 Å². The molecule has 0 saturated carbocycles. The fraction of sp³-hybridized carbons (Fsp3) is 0.769. The zero-order valence-corrected chi connectivity index (χ0v) is 11.2. The second-order valence-electron chi connectivity index (χ2n) is 5.71. The van der Waals surface area contributed by atoms with Gasteiger partial charge in [0, 0.05) is 5.41 Å². The number of allylic oxidation sites excluding steroid dienone is 1. The molecule has 94 valence electrons. The van der Waals surface area contributed by atoms with Gasteiger partial charge in [-0.3, -0.25) is 10.0 Å². The Labute approximate surface area is 98.9 Å². The highest BCUT2D eigenvalue weighted by Gasteiger charge is 2.31. The molecule has 0 aliphatic heterocycles. The number of nitrogens with one attached hydrogen (secondary N) is 1. The van der Waals surface area contributed by atoms with Crippen molar-refractivity contribution >= 4 is 5.91 Å². The number of hydrogen-bond donors (Lipinski definition) is 2. The summed E-state index contributed by atoms with van der Waals surface area (Å²) < 4.78 is 0. The quantitative estimate of drug-likeness (QED) is 0.430. The molecule has 0 aromatic heterocycles. The lowest BCUT2D eigenvalue weighted by Crippen LogP contribution is -2.37. The summed E-state index contributed by atoms with van der Waals surface area (Å²) >= 11 is 0. The molecular formula is C13H25NO2. The summed E-state index contributed by atoms with van der Waals surface area (Å²) in [7, 11) is 0. The Hall–Kier alpha value is -0.830. The highest BCUT2D eigenvalue weighted by atomic mass is 16.5. The van der Waals surface area contributed by atoms with Crippen LogP contribution < -0.4 is 5.48 Å². The minimum Gasteiger partial charge on any atom is -0.289 e. The van der Waals surface area contributed by atoms with Crippen molar-refractivity contribution in [2.45, 2.75) is 53.9 Å². The van der Waals surface area contributed by atoms with Crippen LogP contribution in [0.4, 0.5) is 0 Å². The molecule has 1 amide bonds. The van der Waals surface area contributed by atoms with E-state index in [4.69, 9.17) is 5.21 Å². The minimum atomic E-state index is -0.511. The first kappa shape index (κ1) is 15.2. The summed E-state index contributed by atoms with van der Waals surface area (Å²) in [6.45, 7) is 14.2. The summed E-state index contributed by atoms with van der Waals surface area (Å²) in [6.07, 6.45) is 2.23. The maximum atomic E-state index is 11.5. The van der Waals surface area contributed by atoms with Crippen molar-refractivity contribution in [1.82, 2.24) is 5.48 Å². The van der Waals surface area contributed by atoms with E-state index in [9.17, 15) is 4.79 Å². The molecule has 1 unspecified atom stereocenters. The van der Waals surface area contributed by atoms with Gasteiger partial charge in [0.2, 0.25) is 5.91 Å². The van der Waals surface area contributed by atoms with Crippen molar-refractivity contribution in [1.29, 1.82) is 0 Å². The molecule has 0 radical (unpaired) electrons. The van der Waals surface area contributed by atoms with Crippen molar-refractivity contribution < 1.29 is 10.0 Å². The monoisotopic (exact) mass is 227 g/mol. The molecule has 0 fully saturated rings. The first-order valence-corrected chi connectivity index (χ1v) is 5.80. The molecule has 0 aliphatic rings. The number of hydroxylamine groups is 1. The summed E-state index contributed by atoms with van der Waals surface area (Å²) in [5, 5.41) is 8.70. The van der Waals surface area contributed by atoms with Gasteiger partial charge in [0.25, 0.3) is 0 Å². The van der Waals surface area contributed by atoms with Gasteiger partial charge < -0.3 is 0 Å². The normalized spacial score (nSPS) is 15.4. The summed E-state index contributed by atoms with van der Waals surface area (Å²) in [5.41, 5.74) is 2.45. The van der Waals surface area contributed by atoms with Gasteiger partial charge in [-0.05, 0) is 24.7 Å². The van der Waals surface area contributed by atoms with Gasteiger partial charge in [0.05, 0.1) is 0 Å². The van der Waals surface area contributed by atoms with Crippen LogP contribution in [0, 0.1) is 10.8 Å². The number of carbonyl (C=O) groups excluding carboxylic acids is 1. The van der Waals surface area contributed by atoms with Crippen LogP contribution in [-0.4, -0.2) is 11.1 Å².